The average molecular weight is 664 g/mol. The van der Waals surface area contributed by atoms with Gasteiger partial charge in [-0.1, -0.05) is 36.4 Å². The predicted octanol–water partition coefficient (Wildman–Crippen LogP) is 7.07. The van der Waals surface area contributed by atoms with Crippen molar-refractivity contribution in [3.63, 3.8) is 0 Å². The molecule has 244 valence electrons. The van der Waals surface area contributed by atoms with Crippen LogP contribution >= 0.6 is 23.4 Å². The van der Waals surface area contributed by atoms with Gasteiger partial charge in [0, 0.05) is 54.2 Å². The van der Waals surface area contributed by atoms with E-state index in [4.69, 9.17) is 25.8 Å². The molecule has 1 spiro atoms. The van der Waals surface area contributed by atoms with E-state index in [9.17, 15) is 9.90 Å². The van der Waals surface area contributed by atoms with Gasteiger partial charge in [-0.05, 0) is 97.9 Å². The standard InChI is InChI=1S/C36H42ClN3O5S/c1-23(46-35-38-13-3-14-39-35)20-44-28-11-15-43-33(18-28)29-8-5-26(29)19-40-21-36(12-2-4-24-16-27(37)7-9-30(24)36)22-45-32-10-6-25(34(41)42)17-31(32)40/h3,6-7,9-10,13-14,16-17,23,26,28-29,33H,2,4-5,8,11-12,15,18-22H2,1H3,(H,41,42)/t23?,26-,28-,29+,33+,36?/m0/s1. The van der Waals surface area contributed by atoms with Gasteiger partial charge in [-0.25, -0.2) is 14.8 Å². The molecule has 1 N–H and O–H groups in total. The topological polar surface area (TPSA) is 94.0 Å². The molecule has 2 aliphatic heterocycles. The number of hydrogen-bond acceptors (Lipinski definition) is 8. The molecule has 1 saturated heterocycles. The molecule has 0 bridgehead atoms. The van der Waals surface area contributed by atoms with Gasteiger partial charge in [0.15, 0.2) is 5.16 Å². The summed E-state index contributed by atoms with van der Waals surface area (Å²) in [5.74, 6) is 0.721. The fourth-order valence-electron chi connectivity index (χ4n) is 7.92. The predicted molar refractivity (Wildman–Crippen MR) is 179 cm³/mol. The normalized spacial score (nSPS) is 27.9. The lowest BCUT2D eigenvalue weighted by atomic mass is 9.67. The van der Waals surface area contributed by atoms with E-state index in [1.54, 1.807) is 36.3 Å². The lowest BCUT2D eigenvalue weighted by Crippen LogP contribution is -2.50. The number of carboxylic acids is 1. The molecule has 3 aromatic rings. The van der Waals surface area contributed by atoms with Gasteiger partial charge in [0.2, 0.25) is 0 Å². The first-order chi connectivity index (χ1) is 22.4. The van der Waals surface area contributed by atoms with Crippen LogP contribution in [0.4, 0.5) is 5.69 Å². The van der Waals surface area contributed by atoms with E-state index in [0.717, 1.165) is 79.7 Å². The Morgan fingerprint density at radius 1 is 1.20 bits per heavy atom. The highest BCUT2D eigenvalue weighted by Crippen LogP contribution is 2.47. The molecule has 4 aliphatic rings. The summed E-state index contributed by atoms with van der Waals surface area (Å²) >= 11 is 8.07. The zero-order chi connectivity index (χ0) is 31.7. The minimum absolute atomic E-state index is 0.164. The second-order valence-electron chi connectivity index (χ2n) is 13.4. The number of benzene rings is 2. The smallest absolute Gasteiger partial charge is 0.335 e. The molecule has 0 amide bonds. The van der Waals surface area contributed by atoms with Crippen molar-refractivity contribution in [2.45, 2.75) is 79.9 Å². The first-order valence-electron chi connectivity index (χ1n) is 16.6. The third-order valence-corrected chi connectivity index (χ3v) is 11.6. The summed E-state index contributed by atoms with van der Waals surface area (Å²) in [5, 5.41) is 11.7. The monoisotopic (exact) mass is 663 g/mol. The summed E-state index contributed by atoms with van der Waals surface area (Å²) in [6.45, 7) is 5.70. The van der Waals surface area contributed by atoms with Crippen LogP contribution in [0.1, 0.15) is 66.9 Å². The summed E-state index contributed by atoms with van der Waals surface area (Å²) < 4.78 is 19.4. The van der Waals surface area contributed by atoms with Gasteiger partial charge in [0.05, 0.1) is 36.7 Å². The van der Waals surface area contributed by atoms with E-state index in [1.165, 1.54) is 11.1 Å². The lowest BCUT2D eigenvalue weighted by molar-refractivity contribution is -0.116. The van der Waals surface area contributed by atoms with E-state index in [2.05, 4.69) is 33.9 Å². The van der Waals surface area contributed by atoms with Crippen LogP contribution in [0, 0.1) is 11.8 Å². The van der Waals surface area contributed by atoms with Gasteiger partial charge in [-0.15, -0.1) is 0 Å². The molecule has 10 heteroatoms. The molecule has 2 fully saturated rings. The fraction of sp³-hybridized carbons (Fsp3) is 0.528. The molecule has 7 rings (SSSR count). The van der Waals surface area contributed by atoms with E-state index in [-0.39, 0.29) is 28.4 Å². The Balaban J connectivity index is 1.06. The molecule has 0 radical (unpaired) electrons. The molecular weight excluding hydrogens is 622 g/mol. The molecule has 1 saturated carbocycles. The van der Waals surface area contributed by atoms with Crippen LogP contribution in [0.3, 0.4) is 0 Å². The Morgan fingerprint density at radius 2 is 2.07 bits per heavy atom. The van der Waals surface area contributed by atoms with Gasteiger partial charge < -0.3 is 24.2 Å². The van der Waals surface area contributed by atoms with Crippen molar-refractivity contribution in [2.24, 2.45) is 11.8 Å². The third-order valence-electron chi connectivity index (χ3n) is 10.4. The summed E-state index contributed by atoms with van der Waals surface area (Å²) in [5.41, 5.74) is 3.58. The number of carboxylic acid groups (broad SMARTS) is 1. The van der Waals surface area contributed by atoms with Crippen LogP contribution in [0.5, 0.6) is 5.75 Å². The molecule has 2 aliphatic carbocycles. The van der Waals surface area contributed by atoms with E-state index in [1.807, 2.05) is 18.2 Å². The van der Waals surface area contributed by atoms with Crippen molar-refractivity contribution in [3.05, 3.63) is 76.6 Å². The number of anilines is 1. The highest BCUT2D eigenvalue weighted by atomic mass is 35.5. The van der Waals surface area contributed by atoms with Crippen molar-refractivity contribution in [1.82, 2.24) is 9.97 Å². The average Bonchev–Trinajstić information content (AvgIpc) is 3.19. The zero-order valence-corrected chi connectivity index (χ0v) is 27.8. The van der Waals surface area contributed by atoms with Crippen LogP contribution < -0.4 is 9.64 Å². The van der Waals surface area contributed by atoms with E-state index in [0.29, 0.717) is 31.7 Å². The van der Waals surface area contributed by atoms with Crippen molar-refractivity contribution < 1.29 is 24.1 Å². The number of aryl methyl sites for hydroxylation is 1. The maximum Gasteiger partial charge on any atom is 0.335 e. The maximum absolute atomic E-state index is 12.0. The first kappa shape index (κ1) is 31.7. The second-order valence-corrected chi connectivity index (χ2v) is 15.3. The van der Waals surface area contributed by atoms with Crippen LogP contribution in [0.15, 0.2) is 60.0 Å². The van der Waals surface area contributed by atoms with Gasteiger partial charge >= 0.3 is 5.97 Å². The largest absolute Gasteiger partial charge is 0.490 e. The SMILES string of the molecule is CC(CO[C@H]1CCO[C@@H]([C@@H]2CC[C@H]2CN2CC3(CCCc4cc(Cl)ccc43)COc3ccc(C(=O)O)cc32)C1)Sc1ncccn1. The summed E-state index contributed by atoms with van der Waals surface area (Å²) in [4.78, 5) is 23.1. The van der Waals surface area contributed by atoms with Crippen molar-refractivity contribution in [2.75, 3.05) is 37.8 Å². The molecule has 46 heavy (non-hydrogen) atoms. The Labute approximate surface area is 280 Å². The van der Waals surface area contributed by atoms with Crippen molar-refractivity contribution >= 4 is 35.0 Å². The number of nitrogens with zero attached hydrogens (tertiary/aromatic N) is 3. The van der Waals surface area contributed by atoms with Gasteiger partial charge in [-0.2, -0.15) is 0 Å². The Bertz CT molecular complexity index is 1550. The number of thioether (sulfide) groups is 1. The van der Waals surface area contributed by atoms with Crippen LogP contribution in [0.25, 0.3) is 0 Å². The number of fused-ring (bicyclic) bond motifs is 3. The number of hydrogen-bond donors (Lipinski definition) is 1. The quantitative estimate of drug-likeness (QED) is 0.191. The third kappa shape index (κ3) is 6.75. The maximum atomic E-state index is 12.0. The van der Waals surface area contributed by atoms with Crippen LogP contribution in [-0.2, 0) is 21.3 Å². The second kappa shape index (κ2) is 13.7. The van der Waals surface area contributed by atoms with E-state index >= 15 is 0 Å². The molecular formula is C36H42ClN3O5S. The molecule has 2 aromatic carbocycles. The highest BCUT2D eigenvalue weighted by molar-refractivity contribution is 7.99. The fourth-order valence-corrected chi connectivity index (χ4v) is 8.86. The van der Waals surface area contributed by atoms with Crippen LogP contribution in [0.2, 0.25) is 5.02 Å². The number of aromatic nitrogens is 2. The molecule has 2 unspecified atom stereocenters. The number of rotatable bonds is 9. The molecule has 3 heterocycles. The number of halogens is 1. The minimum Gasteiger partial charge on any atom is -0.490 e. The van der Waals surface area contributed by atoms with Gasteiger partial charge in [-0.3, -0.25) is 0 Å². The Kier molecular flexibility index (Phi) is 9.46. The summed E-state index contributed by atoms with van der Waals surface area (Å²) in [6.07, 6.45) is 11.1. The molecule has 8 nitrogen and oxygen atoms in total. The zero-order valence-electron chi connectivity index (χ0n) is 26.3. The molecule has 6 atom stereocenters. The van der Waals surface area contributed by atoms with Crippen molar-refractivity contribution in [1.29, 1.82) is 0 Å². The summed E-state index contributed by atoms with van der Waals surface area (Å²) in [7, 11) is 0. The van der Waals surface area contributed by atoms with Crippen LogP contribution in [-0.4, -0.2) is 71.4 Å². The van der Waals surface area contributed by atoms with Gasteiger partial charge in [0.25, 0.3) is 0 Å². The highest BCUT2D eigenvalue weighted by Gasteiger charge is 2.45. The summed E-state index contributed by atoms with van der Waals surface area (Å²) in [6, 6.07) is 13.4. The molecule has 1 aromatic heterocycles. The Hall–Kier alpha value is -2.85. The van der Waals surface area contributed by atoms with Gasteiger partial charge in [0.1, 0.15) is 5.75 Å². The number of aromatic carboxylic acids is 1. The van der Waals surface area contributed by atoms with E-state index < -0.39 is 5.97 Å². The number of carbonyl (C=O) groups is 1. The number of ether oxygens (including phenoxy) is 3. The lowest BCUT2D eigenvalue weighted by Gasteiger charge is -2.47. The first-order valence-corrected chi connectivity index (χ1v) is 17.8. The Morgan fingerprint density at radius 3 is 2.87 bits per heavy atom. The minimum atomic E-state index is -0.924. The van der Waals surface area contributed by atoms with Crippen molar-refractivity contribution in [3.8, 4) is 5.75 Å².